The zero-order valence-electron chi connectivity index (χ0n) is 16.1. The number of nitrogens with one attached hydrogen (secondary N) is 1. The Kier molecular flexibility index (Phi) is 5.89. The maximum atomic E-state index is 12.2. The van der Waals surface area contributed by atoms with Crippen LogP contribution in [0, 0.1) is 13.8 Å². The Morgan fingerprint density at radius 2 is 1.72 bits per heavy atom. The second-order valence-electron chi connectivity index (χ2n) is 7.71. The number of aryl methyl sites for hydroxylation is 2. The van der Waals surface area contributed by atoms with Crippen LogP contribution in [0.25, 0.3) is 0 Å². The molecule has 2 aromatic rings. The lowest BCUT2D eigenvalue weighted by Gasteiger charge is -2.19. The highest BCUT2D eigenvalue weighted by molar-refractivity contribution is 5.78. The molecule has 1 N–H and O–H groups in total. The van der Waals surface area contributed by atoms with Crippen LogP contribution in [-0.4, -0.2) is 12.5 Å². The Bertz CT molecular complexity index is 727. The first-order valence-electron chi connectivity index (χ1n) is 8.76. The van der Waals surface area contributed by atoms with E-state index in [4.69, 9.17) is 4.74 Å². The molecule has 0 bridgehead atoms. The van der Waals surface area contributed by atoms with Crippen molar-refractivity contribution in [3.63, 3.8) is 0 Å². The van der Waals surface area contributed by atoms with E-state index in [2.05, 4.69) is 58.1 Å². The molecule has 0 aliphatic carbocycles. The minimum absolute atomic E-state index is 0.0180. The molecule has 134 valence electrons. The third-order valence-corrected chi connectivity index (χ3v) is 4.36. The predicted octanol–water partition coefficient (Wildman–Crippen LogP) is 4.86. The molecule has 2 aromatic carbocycles. The van der Waals surface area contributed by atoms with Crippen LogP contribution in [0.15, 0.2) is 42.5 Å². The Hall–Kier alpha value is -2.29. The maximum Gasteiger partial charge on any atom is 0.258 e. The van der Waals surface area contributed by atoms with Crippen LogP contribution in [0.5, 0.6) is 5.75 Å². The molecule has 0 fully saturated rings. The quantitative estimate of drug-likeness (QED) is 0.845. The molecule has 0 aromatic heterocycles. The van der Waals surface area contributed by atoms with Gasteiger partial charge in [0.2, 0.25) is 0 Å². The van der Waals surface area contributed by atoms with Crippen molar-refractivity contribution in [1.29, 1.82) is 0 Å². The van der Waals surface area contributed by atoms with Gasteiger partial charge in [0.15, 0.2) is 6.61 Å². The third kappa shape index (κ3) is 5.35. The molecule has 3 nitrogen and oxygen atoms in total. The number of ether oxygens (including phenoxy) is 1. The van der Waals surface area contributed by atoms with Gasteiger partial charge in [-0.05, 0) is 55.0 Å². The van der Waals surface area contributed by atoms with Crippen LogP contribution < -0.4 is 10.1 Å². The smallest absolute Gasteiger partial charge is 0.258 e. The fourth-order valence-electron chi connectivity index (χ4n) is 2.87. The lowest BCUT2D eigenvalue weighted by Crippen LogP contribution is -2.31. The summed E-state index contributed by atoms with van der Waals surface area (Å²) in [6.07, 6.45) is 0. The van der Waals surface area contributed by atoms with E-state index in [0.29, 0.717) is 5.75 Å². The number of hydrogen-bond donors (Lipinski definition) is 1. The molecule has 3 heteroatoms. The molecular weight excluding hydrogens is 310 g/mol. The van der Waals surface area contributed by atoms with E-state index in [1.54, 1.807) is 0 Å². The van der Waals surface area contributed by atoms with Gasteiger partial charge < -0.3 is 10.1 Å². The van der Waals surface area contributed by atoms with Crippen LogP contribution >= 0.6 is 0 Å². The second-order valence-corrected chi connectivity index (χ2v) is 7.71. The third-order valence-electron chi connectivity index (χ3n) is 4.36. The zero-order chi connectivity index (χ0) is 18.6. The molecule has 0 saturated carbocycles. The van der Waals surface area contributed by atoms with E-state index in [0.717, 1.165) is 5.56 Å². The van der Waals surface area contributed by atoms with Gasteiger partial charge in [0, 0.05) is 0 Å². The summed E-state index contributed by atoms with van der Waals surface area (Å²) in [7, 11) is 0. The van der Waals surface area contributed by atoms with Crippen molar-refractivity contribution in [3.8, 4) is 5.75 Å². The molecule has 25 heavy (non-hydrogen) atoms. The Labute approximate surface area is 151 Å². The first kappa shape index (κ1) is 19.0. The average molecular weight is 339 g/mol. The van der Waals surface area contributed by atoms with Gasteiger partial charge in [-0.2, -0.15) is 0 Å². The maximum absolute atomic E-state index is 12.2. The predicted molar refractivity (Wildman–Crippen MR) is 103 cm³/mol. The number of benzene rings is 2. The van der Waals surface area contributed by atoms with Gasteiger partial charge >= 0.3 is 0 Å². The number of carbonyl (C=O) groups excluding carboxylic acids is 1. The molecule has 0 aliphatic rings. The van der Waals surface area contributed by atoms with Crippen LogP contribution in [-0.2, 0) is 10.2 Å². The molecule has 0 aliphatic heterocycles. The highest BCUT2D eigenvalue weighted by Gasteiger charge is 2.14. The van der Waals surface area contributed by atoms with Gasteiger partial charge in [-0.1, -0.05) is 56.7 Å². The molecule has 1 amide bonds. The number of carbonyl (C=O) groups is 1. The van der Waals surface area contributed by atoms with E-state index >= 15 is 0 Å². The van der Waals surface area contributed by atoms with E-state index in [1.807, 2.05) is 31.2 Å². The fourth-order valence-corrected chi connectivity index (χ4v) is 2.87. The normalized spacial score (nSPS) is 12.6. The second kappa shape index (κ2) is 7.73. The average Bonchev–Trinajstić information content (AvgIpc) is 2.52. The Morgan fingerprint density at radius 1 is 1.08 bits per heavy atom. The first-order valence-corrected chi connectivity index (χ1v) is 8.76. The van der Waals surface area contributed by atoms with Gasteiger partial charge in [-0.15, -0.1) is 0 Å². The summed E-state index contributed by atoms with van der Waals surface area (Å²) in [5.41, 5.74) is 4.89. The van der Waals surface area contributed by atoms with Crippen molar-refractivity contribution in [2.45, 2.75) is 53.0 Å². The van der Waals surface area contributed by atoms with Crippen LogP contribution in [0.1, 0.15) is 56.0 Å². The van der Waals surface area contributed by atoms with E-state index in [-0.39, 0.29) is 24.0 Å². The van der Waals surface area contributed by atoms with Crippen molar-refractivity contribution in [1.82, 2.24) is 5.32 Å². The molecule has 0 saturated heterocycles. The summed E-state index contributed by atoms with van der Waals surface area (Å²) in [4.78, 5) is 12.2. The topological polar surface area (TPSA) is 38.3 Å². The lowest BCUT2D eigenvalue weighted by molar-refractivity contribution is -0.123. The lowest BCUT2D eigenvalue weighted by atomic mass is 9.87. The Balaban J connectivity index is 1.90. The van der Waals surface area contributed by atoms with E-state index < -0.39 is 0 Å². The summed E-state index contributed by atoms with van der Waals surface area (Å²) in [6, 6.07) is 14.2. The van der Waals surface area contributed by atoms with Gasteiger partial charge in [-0.25, -0.2) is 0 Å². The SMILES string of the molecule is Cc1ccc(C(C)NC(=O)COc2ccc(C(C)(C)C)cc2)c(C)c1. The standard InChI is InChI=1S/C22H29NO2/c1-15-7-12-20(16(2)13-15)17(3)23-21(24)14-25-19-10-8-18(9-11-19)22(4,5)6/h7-13,17H,14H2,1-6H3,(H,23,24). The summed E-state index contributed by atoms with van der Waals surface area (Å²) in [5, 5.41) is 3.00. The van der Waals surface area contributed by atoms with Gasteiger partial charge in [0.05, 0.1) is 6.04 Å². The minimum Gasteiger partial charge on any atom is -0.484 e. The molecule has 0 heterocycles. The minimum atomic E-state index is -0.118. The Morgan fingerprint density at radius 3 is 2.28 bits per heavy atom. The van der Waals surface area contributed by atoms with Crippen molar-refractivity contribution in [2.24, 2.45) is 0 Å². The van der Waals surface area contributed by atoms with Crippen molar-refractivity contribution < 1.29 is 9.53 Å². The monoisotopic (exact) mass is 339 g/mol. The molecular formula is C22H29NO2. The highest BCUT2D eigenvalue weighted by Crippen LogP contribution is 2.24. The summed E-state index contributed by atoms with van der Waals surface area (Å²) in [6.45, 7) is 12.7. The largest absolute Gasteiger partial charge is 0.484 e. The van der Waals surface area contributed by atoms with Gasteiger partial charge in [-0.3, -0.25) is 4.79 Å². The fraction of sp³-hybridized carbons (Fsp3) is 0.409. The molecule has 0 radical (unpaired) electrons. The van der Waals surface area contributed by atoms with Crippen LogP contribution in [0.3, 0.4) is 0 Å². The van der Waals surface area contributed by atoms with Crippen LogP contribution in [0.4, 0.5) is 0 Å². The zero-order valence-corrected chi connectivity index (χ0v) is 16.1. The summed E-state index contributed by atoms with van der Waals surface area (Å²) in [5.74, 6) is 0.592. The van der Waals surface area contributed by atoms with Crippen molar-refractivity contribution >= 4 is 5.91 Å². The molecule has 1 atom stereocenters. The number of amides is 1. The van der Waals surface area contributed by atoms with Gasteiger partial charge in [0.1, 0.15) is 5.75 Å². The van der Waals surface area contributed by atoms with Crippen molar-refractivity contribution in [2.75, 3.05) is 6.61 Å². The first-order chi connectivity index (χ1) is 11.7. The summed E-state index contributed by atoms with van der Waals surface area (Å²) < 4.78 is 5.61. The number of hydrogen-bond acceptors (Lipinski definition) is 2. The van der Waals surface area contributed by atoms with Crippen molar-refractivity contribution in [3.05, 3.63) is 64.7 Å². The highest BCUT2D eigenvalue weighted by atomic mass is 16.5. The van der Waals surface area contributed by atoms with Gasteiger partial charge in [0.25, 0.3) is 5.91 Å². The van der Waals surface area contributed by atoms with E-state index in [9.17, 15) is 4.79 Å². The summed E-state index contributed by atoms with van der Waals surface area (Å²) >= 11 is 0. The molecule has 0 spiro atoms. The molecule has 2 rings (SSSR count). The number of rotatable bonds is 5. The van der Waals surface area contributed by atoms with Crippen LogP contribution in [0.2, 0.25) is 0 Å². The van der Waals surface area contributed by atoms with E-state index in [1.165, 1.54) is 16.7 Å². The molecule has 1 unspecified atom stereocenters.